The Balaban J connectivity index is 1.92. The highest BCUT2D eigenvalue weighted by atomic mass is 16.5. The van der Waals surface area contributed by atoms with Crippen LogP contribution >= 0.6 is 0 Å². The van der Waals surface area contributed by atoms with E-state index >= 15 is 0 Å². The van der Waals surface area contributed by atoms with Crippen LogP contribution in [0.3, 0.4) is 0 Å². The molecule has 158 valence electrons. The number of nitrogens with one attached hydrogen (secondary N) is 1. The quantitative estimate of drug-likeness (QED) is 0.425. The van der Waals surface area contributed by atoms with Crippen LogP contribution in [0, 0.1) is 5.92 Å². The first-order chi connectivity index (χ1) is 14.0. The molecule has 4 atom stereocenters. The molecule has 0 aromatic heterocycles. The van der Waals surface area contributed by atoms with Gasteiger partial charge in [-0.2, -0.15) is 0 Å². The first-order valence-corrected chi connectivity index (χ1v) is 9.87. The third-order valence-electron chi connectivity index (χ3n) is 5.49. The number of carboxylic acids is 1. The van der Waals surface area contributed by atoms with Crippen LogP contribution in [0.5, 0.6) is 5.75 Å². The minimum absolute atomic E-state index is 0.0643. The Morgan fingerprint density at radius 1 is 1.31 bits per heavy atom. The molecule has 0 aliphatic carbocycles. The van der Waals surface area contributed by atoms with Crippen molar-refractivity contribution in [2.24, 2.45) is 11.7 Å². The zero-order valence-corrected chi connectivity index (χ0v) is 16.1. The summed E-state index contributed by atoms with van der Waals surface area (Å²) in [4.78, 5) is 39.2. The number of rotatable bonds is 9. The van der Waals surface area contributed by atoms with Crippen LogP contribution in [0.1, 0.15) is 37.3 Å². The zero-order valence-electron chi connectivity index (χ0n) is 16.1. The second-order valence-electron chi connectivity index (χ2n) is 7.38. The number of hydrogen-bond acceptors (Lipinski definition) is 6. The summed E-state index contributed by atoms with van der Waals surface area (Å²) in [5, 5.41) is 21.5. The maximum Gasteiger partial charge on any atom is 0.309 e. The zero-order chi connectivity index (χ0) is 21.0. The lowest BCUT2D eigenvalue weighted by atomic mass is 9.93. The number of unbranched alkanes of at least 4 members (excludes halogenated alkanes) is 1. The average molecular weight is 405 g/mol. The summed E-state index contributed by atoms with van der Waals surface area (Å²) in [6, 6.07) is 4.57. The van der Waals surface area contributed by atoms with Gasteiger partial charge in [0.2, 0.25) is 11.8 Å². The van der Waals surface area contributed by atoms with Crippen molar-refractivity contribution in [1.82, 2.24) is 10.2 Å². The molecular formula is C20H27N3O6. The largest absolute Gasteiger partial charge is 0.491 e. The van der Waals surface area contributed by atoms with Crippen molar-refractivity contribution < 1.29 is 29.3 Å². The van der Waals surface area contributed by atoms with Crippen molar-refractivity contribution in [2.75, 3.05) is 19.8 Å². The monoisotopic (exact) mass is 405 g/mol. The van der Waals surface area contributed by atoms with Gasteiger partial charge < -0.3 is 30.9 Å². The molecule has 2 aliphatic heterocycles. The fraction of sp³-hybridized carbons (Fsp3) is 0.550. The predicted octanol–water partition coefficient (Wildman–Crippen LogP) is 0.0279. The highest BCUT2D eigenvalue weighted by Crippen LogP contribution is 2.44. The molecule has 2 fully saturated rings. The number of amides is 2. The molecule has 29 heavy (non-hydrogen) atoms. The van der Waals surface area contributed by atoms with Crippen molar-refractivity contribution in [3.63, 3.8) is 0 Å². The molecule has 5 N–H and O–H groups in total. The van der Waals surface area contributed by atoms with E-state index in [9.17, 15) is 19.5 Å². The van der Waals surface area contributed by atoms with Gasteiger partial charge in [0, 0.05) is 0 Å². The van der Waals surface area contributed by atoms with Gasteiger partial charge in [-0.25, -0.2) is 0 Å². The predicted molar refractivity (Wildman–Crippen MR) is 103 cm³/mol. The number of aliphatic hydroxyl groups is 1. The molecule has 0 radical (unpaired) electrons. The normalized spacial score (nSPS) is 26.2. The number of aliphatic hydroxyl groups excluding tert-OH is 1. The number of benzene rings is 1. The first-order valence-electron chi connectivity index (χ1n) is 9.87. The Bertz CT molecular complexity index is 770. The van der Waals surface area contributed by atoms with Crippen molar-refractivity contribution in [1.29, 1.82) is 0 Å². The van der Waals surface area contributed by atoms with Gasteiger partial charge in [-0.15, -0.1) is 0 Å². The molecule has 2 heterocycles. The molecule has 3 rings (SSSR count). The molecule has 0 saturated carbocycles. The smallest absolute Gasteiger partial charge is 0.309 e. The lowest BCUT2D eigenvalue weighted by Gasteiger charge is -2.38. The Kier molecular flexibility index (Phi) is 6.71. The maximum atomic E-state index is 13.2. The van der Waals surface area contributed by atoms with Crippen molar-refractivity contribution in [2.45, 2.75) is 43.8 Å². The average Bonchev–Trinajstić information content (AvgIpc) is 3.12. The second kappa shape index (κ2) is 9.23. The van der Waals surface area contributed by atoms with Crippen LogP contribution in [0.15, 0.2) is 24.3 Å². The molecule has 9 nitrogen and oxygen atoms in total. The van der Waals surface area contributed by atoms with Crippen LogP contribution in [0.2, 0.25) is 0 Å². The summed E-state index contributed by atoms with van der Waals surface area (Å²) >= 11 is 0. The van der Waals surface area contributed by atoms with Gasteiger partial charge in [0.15, 0.2) is 0 Å². The lowest BCUT2D eigenvalue weighted by Crippen LogP contribution is -2.61. The summed E-state index contributed by atoms with van der Waals surface area (Å²) in [5.74, 6) is -2.06. The molecule has 2 amide bonds. The number of carbonyl (C=O) groups is 3. The summed E-state index contributed by atoms with van der Waals surface area (Å²) in [6.45, 7) is 0.460. The minimum atomic E-state index is -1.05. The number of nitrogens with zero attached hydrogens (tertiary/aromatic N) is 1. The number of hydrogen-bond donors (Lipinski definition) is 4. The number of carbonyl (C=O) groups excluding carboxylic acids is 2. The second-order valence-corrected chi connectivity index (χ2v) is 7.38. The first kappa shape index (κ1) is 21.1. The number of piperazine rings is 1. The molecule has 0 unspecified atom stereocenters. The Labute approximate surface area is 168 Å². The molecule has 0 bridgehead atoms. The topological polar surface area (TPSA) is 142 Å². The molecule has 1 aromatic carbocycles. The fourth-order valence-electron chi connectivity index (χ4n) is 4.17. The van der Waals surface area contributed by atoms with Crippen LogP contribution < -0.4 is 15.8 Å². The highest BCUT2D eigenvalue weighted by Gasteiger charge is 2.54. The summed E-state index contributed by atoms with van der Waals surface area (Å²) in [7, 11) is 0. The van der Waals surface area contributed by atoms with Crippen molar-refractivity contribution in [3.05, 3.63) is 29.8 Å². The van der Waals surface area contributed by atoms with Gasteiger partial charge in [-0.1, -0.05) is 12.1 Å². The van der Waals surface area contributed by atoms with Gasteiger partial charge in [0.05, 0.1) is 18.6 Å². The minimum Gasteiger partial charge on any atom is -0.491 e. The third-order valence-corrected chi connectivity index (χ3v) is 5.49. The molecule has 2 aliphatic rings. The fourth-order valence-corrected chi connectivity index (χ4v) is 4.17. The lowest BCUT2D eigenvalue weighted by molar-refractivity contribution is -0.150. The highest BCUT2D eigenvalue weighted by molar-refractivity contribution is 5.98. The van der Waals surface area contributed by atoms with E-state index < -0.39 is 30.0 Å². The van der Waals surface area contributed by atoms with E-state index in [0.29, 0.717) is 30.7 Å². The summed E-state index contributed by atoms with van der Waals surface area (Å²) < 4.78 is 5.43. The van der Waals surface area contributed by atoms with Gasteiger partial charge in [0.1, 0.15) is 24.4 Å². The third kappa shape index (κ3) is 4.35. The summed E-state index contributed by atoms with van der Waals surface area (Å²) in [6.07, 6.45) is 1.97. The van der Waals surface area contributed by atoms with E-state index in [4.69, 9.17) is 15.6 Å². The standard InChI is InChI=1S/C20H27N3O6/c21-7-2-1-6-15-19(26)23-16(18(25)22-15)11-14(20(27)28)17(23)12-4-3-5-13(10-12)29-9-8-24/h3-5,10,14-17,24H,1-2,6-9,11,21H2,(H,22,25)(H,27,28)/t14-,15+,16-,17-/m1/s1. The van der Waals surface area contributed by atoms with Gasteiger partial charge in [-0.3, -0.25) is 14.4 Å². The van der Waals surface area contributed by atoms with Crippen LogP contribution in [0.25, 0.3) is 0 Å². The van der Waals surface area contributed by atoms with Crippen molar-refractivity contribution in [3.8, 4) is 5.75 Å². The molecular weight excluding hydrogens is 378 g/mol. The number of nitrogens with two attached hydrogens (primary N) is 1. The van der Waals surface area contributed by atoms with Gasteiger partial charge >= 0.3 is 5.97 Å². The Morgan fingerprint density at radius 3 is 2.79 bits per heavy atom. The SMILES string of the molecule is NCCCC[C@@H]1NC(=O)[C@H]2C[C@@H](C(=O)O)[C@@H](c3cccc(OCCO)c3)N2C1=O. The molecule has 2 saturated heterocycles. The number of ether oxygens (including phenoxy) is 1. The Hall–Kier alpha value is -2.65. The number of carboxylic acid groups (broad SMARTS) is 1. The van der Waals surface area contributed by atoms with Gasteiger partial charge in [-0.05, 0) is 49.9 Å². The van der Waals surface area contributed by atoms with E-state index in [0.717, 1.165) is 6.42 Å². The van der Waals surface area contributed by atoms with Crippen LogP contribution in [-0.2, 0) is 14.4 Å². The Morgan fingerprint density at radius 2 is 2.10 bits per heavy atom. The van der Waals surface area contributed by atoms with Crippen molar-refractivity contribution >= 4 is 17.8 Å². The molecule has 0 spiro atoms. The van der Waals surface area contributed by atoms with Crippen LogP contribution in [-0.4, -0.2) is 64.7 Å². The molecule has 1 aromatic rings. The van der Waals surface area contributed by atoms with Crippen LogP contribution in [0.4, 0.5) is 0 Å². The number of fused-ring (bicyclic) bond motifs is 1. The van der Waals surface area contributed by atoms with E-state index in [-0.39, 0.29) is 31.4 Å². The van der Waals surface area contributed by atoms with E-state index in [2.05, 4.69) is 5.32 Å². The number of aliphatic carboxylic acids is 1. The molecule has 9 heteroatoms. The van der Waals surface area contributed by atoms with E-state index in [1.807, 2.05) is 0 Å². The maximum absolute atomic E-state index is 13.2. The summed E-state index contributed by atoms with van der Waals surface area (Å²) in [5.41, 5.74) is 6.11. The van der Waals surface area contributed by atoms with E-state index in [1.54, 1.807) is 24.3 Å². The van der Waals surface area contributed by atoms with Gasteiger partial charge in [0.25, 0.3) is 0 Å². The van der Waals surface area contributed by atoms with E-state index in [1.165, 1.54) is 4.90 Å².